The van der Waals surface area contributed by atoms with Gasteiger partial charge < -0.3 is 56.5 Å². The van der Waals surface area contributed by atoms with Crippen molar-refractivity contribution in [3.05, 3.63) is 0 Å². The van der Waals surface area contributed by atoms with Gasteiger partial charge in [-0.15, -0.1) is 0 Å². The Morgan fingerprint density at radius 1 is 0.455 bits per heavy atom. The van der Waals surface area contributed by atoms with E-state index in [4.69, 9.17) is 4.74 Å². The number of hydrogen-bond acceptors (Lipinski definition) is 1. The summed E-state index contributed by atoms with van der Waals surface area (Å²) in [5.74, 6) is 0. The second-order valence-electron chi connectivity index (χ2n) is 3.16. The van der Waals surface area contributed by atoms with E-state index in [-0.39, 0.29) is 51.4 Å². The van der Waals surface area contributed by atoms with Crippen molar-refractivity contribution in [3.8, 4) is 0 Å². The van der Waals surface area contributed by atoms with E-state index in [2.05, 4.69) is 0 Å². The topological polar surface area (TPSA) is 9.23 Å². The molecule has 1 aliphatic rings. The molecule has 0 unspecified atom stereocenters. The molecule has 0 spiro atoms. The van der Waals surface area contributed by atoms with Gasteiger partial charge in [0.15, 0.2) is 0 Å². The van der Waals surface area contributed by atoms with E-state index in [1.54, 1.807) is 0 Å². The molecule has 1 rings (SSSR count). The summed E-state index contributed by atoms with van der Waals surface area (Å²) in [6.07, 6.45) is 3.93. The summed E-state index contributed by atoms with van der Waals surface area (Å²) in [6.45, 7) is 2.00. The molecular weight excluding hydrogens is 376 g/mol. The summed E-state index contributed by atoms with van der Waals surface area (Å²) in [6, 6.07) is 0. The molecule has 0 bridgehead atoms. The van der Waals surface area contributed by atoms with E-state index in [1.165, 1.54) is 19.3 Å². The molecule has 22 heavy (non-hydrogen) atoms. The fraction of sp³-hybridized carbons (Fsp3) is 1.00. The van der Waals surface area contributed by atoms with Crippen molar-refractivity contribution in [1.82, 2.24) is 0 Å². The summed E-state index contributed by atoms with van der Waals surface area (Å²) in [5, 5.41) is 0. The molecule has 0 saturated carbocycles. The van der Waals surface area contributed by atoms with E-state index in [0.717, 1.165) is 13.2 Å². The molecule has 0 aromatic heterocycles. The molecular formula is C5H11B3F12KO-3. The van der Waals surface area contributed by atoms with E-state index in [9.17, 15) is 51.8 Å². The molecule has 0 aromatic rings. The zero-order valence-electron chi connectivity index (χ0n) is 10.2. The molecule has 1 heterocycles. The van der Waals surface area contributed by atoms with Crippen LogP contribution in [0, 0.1) is 0 Å². The zero-order chi connectivity index (χ0) is 17.7. The molecule has 134 valence electrons. The van der Waals surface area contributed by atoms with Crippen molar-refractivity contribution in [1.29, 1.82) is 0 Å². The summed E-state index contributed by atoms with van der Waals surface area (Å²) in [4.78, 5) is 0. The quantitative estimate of drug-likeness (QED) is 0.442. The fourth-order valence-corrected chi connectivity index (χ4v) is 0.687. The molecule has 1 aliphatic heterocycles. The van der Waals surface area contributed by atoms with Gasteiger partial charge >= 0.3 is 73.1 Å². The monoisotopic (exact) mass is 387 g/mol. The van der Waals surface area contributed by atoms with Gasteiger partial charge in [0.05, 0.1) is 0 Å². The van der Waals surface area contributed by atoms with Crippen LogP contribution in [0.1, 0.15) is 19.3 Å². The van der Waals surface area contributed by atoms with Crippen LogP contribution < -0.4 is 0 Å². The van der Waals surface area contributed by atoms with Crippen molar-refractivity contribution in [2.45, 2.75) is 19.3 Å². The molecule has 0 atom stereocenters. The van der Waals surface area contributed by atoms with Gasteiger partial charge in [0.25, 0.3) is 0 Å². The number of rotatable bonds is 0. The third-order valence-electron chi connectivity index (χ3n) is 1.08. The van der Waals surface area contributed by atoms with E-state index >= 15 is 0 Å². The van der Waals surface area contributed by atoms with Crippen LogP contribution in [0.3, 0.4) is 0 Å². The Balaban J connectivity index is -0.0000000973. The third kappa shape index (κ3) is 173. The molecule has 0 amide bonds. The van der Waals surface area contributed by atoms with Crippen LogP contribution in [0.2, 0.25) is 0 Å². The van der Waals surface area contributed by atoms with Gasteiger partial charge in [0.2, 0.25) is 0 Å². The number of ether oxygens (including phenoxy) is 1. The van der Waals surface area contributed by atoms with Crippen molar-refractivity contribution in [2.75, 3.05) is 13.2 Å². The first-order chi connectivity index (χ1) is 9.00. The van der Waals surface area contributed by atoms with Crippen LogP contribution in [0.15, 0.2) is 0 Å². The predicted octanol–water partition coefficient (Wildman–Crippen LogP) is 4.44. The van der Waals surface area contributed by atoms with Gasteiger partial charge in [-0.25, -0.2) is 0 Å². The second-order valence-corrected chi connectivity index (χ2v) is 3.16. The van der Waals surface area contributed by atoms with Crippen molar-refractivity contribution in [2.24, 2.45) is 0 Å². The Kier molecular flexibility index (Phi) is 21.7. The van der Waals surface area contributed by atoms with Gasteiger partial charge in [-0.05, 0) is 19.3 Å². The second kappa shape index (κ2) is 15.5. The first kappa shape index (κ1) is 30.8. The Hall–Kier alpha value is 0.951. The molecule has 0 radical (unpaired) electrons. The molecule has 0 N–H and O–H groups in total. The zero-order valence-corrected chi connectivity index (χ0v) is 10.2. The van der Waals surface area contributed by atoms with E-state index in [1.807, 2.05) is 0 Å². The minimum atomic E-state index is -6.00. The van der Waals surface area contributed by atoms with Gasteiger partial charge in [0.1, 0.15) is 0 Å². The SMILES string of the molecule is C1CCOCC1.F[B-](F)(F)F.F[B-](F)(F)F.F[B-](F)(F)F.[KH]. The number of hydrogen-bond donors (Lipinski definition) is 0. The van der Waals surface area contributed by atoms with Crippen LogP contribution in [0.5, 0.6) is 0 Å². The normalized spacial score (nSPS) is 14.7. The predicted molar refractivity (Wildman–Crippen MR) is 62.4 cm³/mol. The van der Waals surface area contributed by atoms with Crippen LogP contribution in [0.25, 0.3) is 0 Å². The maximum absolute atomic E-state index is 9.75. The van der Waals surface area contributed by atoms with Gasteiger partial charge in [-0.3, -0.25) is 0 Å². The van der Waals surface area contributed by atoms with Crippen LogP contribution >= 0.6 is 0 Å². The standard InChI is InChI=1S/C5H10O.3BF4.K.H/c1-2-4-6-5-3-1;3*2-1(3,4)5;;/h1-5H2;;;;;/q;3*-1;;. The molecule has 1 saturated heterocycles. The van der Waals surface area contributed by atoms with Crippen LogP contribution in [-0.4, -0.2) is 86.4 Å². The number of halogens is 12. The minimum absolute atomic E-state index is 0. The van der Waals surface area contributed by atoms with Gasteiger partial charge in [-0.1, -0.05) is 0 Å². The van der Waals surface area contributed by atoms with Crippen LogP contribution in [0.4, 0.5) is 51.8 Å². The first-order valence-electron chi connectivity index (χ1n) is 5.20. The van der Waals surface area contributed by atoms with E-state index < -0.39 is 21.8 Å². The third-order valence-corrected chi connectivity index (χ3v) is 1.08. The van der Waals surface area contributed by atoms with Crippen molar-refractivity contribution < 1.29 is 56.5 Å². The summed E-state index contributed by atoms with van der Waals surface area (Å²) >= 11 is 0. The molecule has 0 aliphatic carbocycles. The Bertz CT molecular complexity index is 168. The molecule has 1 fully saturated rings. The Morgan fingerprint density at radius 2 is 0.636 bits per heavy atom. The van der Waals surface area contributed by atoms with E-state index in [0.29, 0.717) is 0 Å². The maximum atomic E-state index is 9.75. The van der Waals surface area contributed by atoms with Gasteiger partial charge in [-0.2, -0.15) is 0 Å². The molecule has 1 nitrogen and oxygen atoms in total. The first-order valence-corrected chi connectivity index (χ1v) is 5.20. The molecule has 17 heteroatoms. The van der Waals surface area contributed by atoms with Crippen molar-refractivity contribution in [3.63, 3.8) is 0 Å². The average molecular weight is 387 g/mol. The summed E-state index contributed by atoms with van der Waals surface area (Å²) in [7, 11) is -18.0. The van der Waals surface area contributed by atoms with Crippen LogP contribution in [-0.2, 0) is 4.74 Å². The molecule has 0 aromatic carbocycles. The Labute approximate surface area is 161 Å². The summed E-state index contributed by atoms with van der Waals surface area (Å²) < 4.78 is 122. The van der Waals surface area contributed by atoms with Gasteiger partial charge in [0, 0.05) is 13.2 Å². The summed E-state index contributed by atoms with van der Waals surface area (Å²) in [5.41, 5.74) is 0. The Morgan fingerprint density at radius 3 is 0.682 bits per heavy atom. The average Bonchev–Trinajstić information content (AvgIpc) is 2.12. The van der Waals surface area contributed by atoms with Crippen molar-refractivity contribution >= 4 is 73.1 Å². The fourth-order valence-electron chi connectivity index (χ4n) is 0.687.